The van der Waals surface area contributed by atoms with E-state index in [-0.39, 0.29) is 16.8 Å². The van der Waals surface area contributed by atoms with E-state index in [9.17, 15) is 13.2 Å². The number of carbonyl (C=O) groups excluding carboxylic acids is 1. The Labute approximate surface area is 119 Å². The van der Waals surface area contributed by atoms with Gasteiger partial charge in [-0.2, -0.15) is 0 Å². The first kappa shape index (κ1) is 15.0. The molecule has 1 heterocycles. The number of hydrogen-bond acceptors (Lipinski definition) is 4. The summed E-state index contributed by atoms with van der Waals surface area (Å²) in [5, 5.41) is 7.80. The van der Waals surface area contributed by atoms with Crippen molar-refractivity contribution < 1.29 is 13.2 Å². The number of sulfonamides is 1. The number of anilines is 1. The minimum Gasteiger partial charge on any atom is -0.325 e. The van der Waals surface area contributed by atoms with Gasteiger partial charge in [0.2, 0.25) is 15.9 Å². The van der Waals surface area contributed by atoms with E-state index in [1.54, 1.807) is 12.1 Å². The van der Waals surface area contributed by atoms with Crippen LogP contribution in [-0.4, -0.2) is 38.4 Å². The Morgan fingerprint density at radius 3 is 2.60 bits per heavy atom. The third-order valence-corrected chi connectivity index (χ3v) is 4.41. The van der Waals surface area contributed by atoms with E-state index in [1.807, 2.05) is 6.92 Å². The lowest BCUT2D eigenvalue weighted by Gasteiger charge is -2.22. The van der Waals surface area contributed by atoms with Crippen molar-refractivity contribution in [3.05, 3.63) is 24.3 Å². The van der Waals surface area contributed by atoms with Gasteiger partial charge in [-0.3, -0.25) is 9.69 Å². The molecule has 110 valence electrons. The fourth-order valence-electron chi connectivity index (χ4n) is 2.29. The fourth-order valence-corrected chi connectivity index (χ4v) is 2.85. The van der Waals surface area contributed by atoms with E-state index in [0.29, 0.717) is 5.69 Å². The van der Waals surface area contributed by atoms with Gasteiger partial charge in [-0.15, -0.1) is 0 Å². The molecule has 3 N–H and O–H groups in total. The van der Waals surface area contributed by atoms with Crippen molar-refractivity contribution in [2.24, 2.45) is 5.14 Å². The van der Waals surface area contributed by atoms with Crippen LogP contribution in [0.2, 0.25) is 0 Å². The van der Waals surface area contributed by atoms with Crippen LogP contribution < -0.4 is 10.5 Å². The van der Waals surface area contributed by atoms with Crippen LogP contribution in [0, 0.1) is 0 Å². The Balaban J connectivity index is 2.07. The highest BCUT2D eigenvalue weighted by Gasteiger charge is 2.24. The topological polar surface area (TPSA) is 92.5 Å². The van der Waals surface area contributed by atoms with Crippen LogP contribution >= 0.6 is 0 Å². The third-order valence-electron chi connectivity index (χ3n) is 3.50. The van der Waals surface area contributed by atoms with Gasteiger partial charge in [0, 0.05) is 5.69 Å². The van der Waals surface area contributed by atoms with E-state index in [2.05, 4.69) is 10.2 Å². The van der Waals surface area contributed by atoms with Gasteiger partial charge in [0.05, 0.1) is 10.9 Å². The lowest BCUT2D eigenvalue weighted by Crippen LogP contribution is -2.40. The van der Waals surface area contributed by atoms with Crippen LogP contribution in [0.25, 0.3) is 0 Å². The molecule has 0 radical (unpaired) electrons. The Bertz CT molecular complexity index is 595. The van der Waals surface area contributed by atoms with E-state index >= 15 is 0 Å². The second-order valence-corrected chi connectivity index (χ2v) is 6.54. The molecule has 0 bridgehead atoms. The predicted molar refractivity (Wildman–Crippen MR) is 76.7 cm³/mol. The maximum Gasteiger partial charge on any atom is 0.241 e. The summed E-state index contributed by atoms with van der Waals surface area (Å²) in [5.41, 5.74) is 0.438. The molecule has 1 amide bonds. The van der Waals surface area contributed by atoms with E-state index in [1.165, 1.54) is 12.1 Å². The normalized spacial score (nSPS) is 17.9. The summed E-state index contributed by atoms with van der Waals surface area (Å²) < 4.78 is 22.5. The van der Waals surface area contributed by atoms with Gasteiger partial charge in [0.15, 0.2) is 0 Å². The van der Waals surface area contributed by atoms with E-state index in [4.69, 9.17) is 5.14 Å². The van der Waals surface area contributed by atoms with Gasteiger partial charge in [-0.1, -0.05) is 6.07 Å². The average Bonchev–Trinajstić information content (AvgIpc) is 2.91. The van der Waals surface area contributed by atoms with Crippen molar-refractivity contribution in [3.8, 4) is 0 Å². The molecule has 1 aromatic rings. The molecule has 0 aliphatic carbocycles. The largest absolute Gasteiger partial charge is 0.325 e. The number of amides is 1. The molecule has 0 saturated carbocycles. The summed E-state index contributed by atoms with van der Waals surface area (Å²) in [6.45, 7) is 3.70. The van der Waals surface area contributed by atoms with Gasteiger partial charge in [-0.25, -0.2) is 13.6 Å². The van der Waals surface area contributed by atoms with Crippen LogP contribution in [0.1, 0.15) is 19.8 Å². The van der Waals surface area contributed by atoms with Crippen LogP contribution in [0.15, 0.2) is 29.2 Å². The molecule has 1 fully saturated rings. The molecule has 0 unspecified atom stereocenters. The van der Waals surface area contributed by atoms with Crippen molar-refractivity contribution in [1.82, 2.24) is 4.90 Å². The number of nitrogens with one attached hydrogen (secondary N) is 1. The number of nitrogens with two attached hydrogens (primary N) is 1. The summed E-state index contributed by atoms with van der Waals surface area (Å²) in [7, 11) is -3.76. The maximum absolute atomic E-state index is 12.1. The Hall–Kier alpha value is -1.44. The highest BCUT2D eigenvalue weighted by molar-refractivity contribution is 7.89. The lowest BCUT2D eigenvalue weighted by atomic mass is 10.2. The molecule has 20 heavy (non-hydrogen) atoms. The smallest absolute Gasteiger partial charge is 0.241 e. The van der Waals surface area contributed by atoms with Crippen LogP contribution in [0.4, 0.5) is 5.69 Å². The van der Waals surface area contributed by atoms with E-state index in [0.717, 1.165) is 25.9 Å². The number of likely N-dealkylation sites (tertiary alicyclic amines) is 1. The maximum atomic E-state index is 12.1. The molecular weight excluding hydrogens is 278 g/mol. The SMILES string of the molecule is C[C@@H](C(=O)Nc1cccc(S(N)(=O)=O)c1)N1CCCC1. The number of benzene rings is 1. The first-order valence-corrected chi connectivity index (χ1v) is 8.10. The highest BCUT2D eigenvalue weighted by atomic mass is 32.2. The molecule has 1 saturated heterocycles. The van der Waals surface area contributed by atoms with Crippen molar-refractivity contribution in [2.75, 3.05) is 18.4 Å². The number of hydrogen-bond donors (Lipinski definition) is 2. The van der Waals surface area contributed by atoms with Gasteiger partial charge >= 0.3 is 0 Å². The molecule has 1 aliphatic heterocycles. The molecule has 0 spiro atoms. The molecule has 1 aliphatic rings. The quantitative estimate of drug-likeness (QED) is 0.858. The van der Waals surface area contributed by atoms with Gasteiger partial charge in [-0.05, 0) is 51.1 Å². The van der Waals surface area contributed by atoms with Crippen LogP contribution in [0.5, 0.6) is 0 Å². The van der Waals surface area contributed by atoms with Crippen LogP contribution in [0.3, 0.4) is 0 Å². The van der Waals surface area contributed by atoms with Crippen molar-refractivity contribution >= 4 is 21.6 Å². The van der Waals surface area contributed by atoms with Gasteiger partial charge in [0.25, 0.3) is 0 Å². The van der Waals surface area contributed by atoms with Crippen LogP contribution in [-0.2, 0) is 14.8 Å². The zero-order valence-corrected chi connectivity index (χ0v) is 12.2. The number of carbonyl (C=O) groups is 1. The van der Waals surface area contributed by atoms with Gasteiger partial charge in [0.1, 0.15) is 0 Å². The summed E-state index contributed by atoms with van der Waals surface area (Å²) >= 11 is 0. The third kappa shape index (κ3) is 3.56. The second-order valence-electron chi connectivity index (χ2n) is 4.98. The monoisotopic (exact) mass is 297 g/mol. The highest BCUT2D eigenvalue weighted by Crippen LogP contribution is 2.16. The van der Waals surface area contributed by atoms with E-state index < -0.39 is 10.0 Å². The first-order chi connectivity index (χ1) is 9.38. The first-order valence-electron chi connectivity index (χ1n) is 6.56. The molecule has 2 rings (SSSR count). The lowest BCUT2D eigenvalue weighted by molar-refractivity contribution is -0.120. The Kier molecular flexibility index (Phi) is 4.42. The molecule has 0 aromatic heterocycles. The standard InChI is InChI=1S/C13H19N3O3S/c1-10(16-7-2-3-8-16)13(17)15-11-5-4-6-12(9-11)20(14,18)19/h4-6,9-10H,2-3,7-8H2,1H3,(H,15,17)(H2,14,18,19)/t10-/m0/s1. The molecule has 6 nitrogen and oxygen atoms in total. The predicted octanol–water partition coefficient (Wildman–Crippen LogP) is 0.757. The number of nitrogens with zero attached hydrogens (tertiary/aromatic N) is 1. The number of primary sulfonamides is 1. The second kappa shape index (κ2) is 5.90. The zero-order chi connectivity index (χ0) is 14.8. The number of rotatable bonds is 4. The summed E-state index contributed by atoms with van der Waals surface area (Å²) in [5.74, 6) is -0.140. The summed E-state index contributed by atoms with van der Waals surface area (Å²) in [6, 6.07) is 5.73. The molecule has 7 heteroatoms. The van der Waals surface area contributed by atoms with Crippen molar-refractivity contribution in [2.45, 2.75) is 30.7 Å². The Morgan fingerprint density at radius 1 is 1.35 bits per heavy atom. The summed E-state index contributed by atoms with van der Waals surface area (Å²) in [6.07, 6.45) is 2.22. The zero-order valence-electron chi connectivity index (χ0n) is 11.4. The average molecular weight is 297 g/mol. The minimum absolute atomic E-state index is 0.0101. The Morgan fingerprint density at radius 2 is 2.00 bits per heavy atom. The van der Waals surface area contributed by atoms with Gasteiger partial charge < -0.3 is 5.32 Å². The summed E-state index contributed by atoms with van der Waals surface area (Å²) in [4.78, 5) is 14.2. The van der Waals surface area contributed by atoms with Crippen molar-refractivity contribution in [3.63, 3.8) is 0 Å². The molecule has 1 atom stereocenters. The molecule has 1 aromatic carbocycles. The van der Waals surface area contributed by atoms with Crippen molar-refractivity contribution in [1.29, 1.82) is 0 Å². The minimum atomic E-state index is -3.76. The fraction of sp³-hybridized carbons (Fsp3) is 0.462. The molecular formula is C13H19N3O3S.